The number of hydrogen-bond donors (Lipinski definition) is 3. The van der Waals surface area contributed by atoms with Crippen molar-refractivity contribution in [3.8, 4) is 22.8 Å². The maximum Gasteiger partial charge on any atom is 0.273 e. The molecule has 1 fully saturated rings. The maximum atomic E-state index is 12.9. The Morgan fingerprint density at radius 1 is 1.32 bits per heavy atom. The largest absolute Gasteiger partial charge is 0.443 e. The molecule has 0 unspecified atom stereocenters. The van der Waals surface area contributed by atoms with Gasteiger partial charge in [0.1, 0.15) is 17.6 Å². The summed E-state index contributed by atoms with van der Waals surface area (Å²) >= 11 is 0. The highest BCUT2D eigenvalue weighted by atomic mass is 16.3. The summed E-state index contributed by atoms with van der Waals surface area (Å²) in [5.41, 5.74) is 9.54. The molecular formula is C21H22N8O2. The van der Waals surface area contributed by atoms with Crippen LogP contribution in [0.25, 0.3) is 28.5 Å². The molecule has 4 aromatic rings. The van der Waals surface area contributed by atoms with Crippen molar-refractivity contribution in [3.05, 3.63) is 48.4 Å². The van der Waals surface area contributed by atoms with Gasteiger partial charge in [0, 0.05) is 36.2 Å². The van der Waals surface area contributed by atoms with Crippen molar-refractivity contribution < 1.29 is 9.21 Å². The number of imidazole rings is 1. The number of aromatic nitrogens is 5. The third kappa shape index (κ3) is 3.61. The van der Waals surface area contributed by atoms with E-state index >= 15 is 0 Å². The monoisotopic (exact) mass is 418 g/mol. The van der Waals surface area contributed by atoms with Crippen molar-refractivity contribution in [2.75, 3.05) is 18.8 Å². The summed E-state index contributed by atoms with van der Waals surface area (Å²) in [6.45, 7) is 3.44. The summed E-state index contributed by atoms with van der Waals surface area (Å²) in [4.78, 5) is 30.5. The van der Waals surface area contributed by atoms with E-state index in [4.69, 9.17) is 10.2 Å². The van der Waals surface area contributed by atoms with Crippen molar-refractivity contribution in [1.82, 2.24) is 35.0 Å². The van der Waals surface area contributed by atoms with E-state index in [2.05, 4.69) is 30.6 Å². The fraction of sp³-hybridized carbons (Fsp3) is 0.286. The van der Waals surface area contributed by atoms with Gasteiger partial charge in [0.2, 0.25) is 5.89 Å². The molecule has 31 heavy (non-hydrogen) atoms. The Morgan fingerprint density at radius 3 is 3.00 bits per heavy atom. The summed E-state index contributed by atoms with van der Waals surface area (Å²) in [6, 6.07) is 4.01. The minimum Gasteiger partial charge on any atom is -0.443 e. The molecule has 1 amide bonds. The lowest BCUT2D eigenvalue weighted by Crippen LogP contribution is -2.37. The highest BCUT2D eigenvalue weighted by molar-refractivity contribution is 5.97. The second-order valence-corrected chi connectivity index (χ2v) is 7.54. The fourth-order valence-electron chi connectivity index (χ4n) is 3.78. The number of nitrogens with two attached hydrogens (primary N) is 1. The number of nitrogens with one attached hydrogen (secondary N) is 2. The molecule has 1 saturated heterocycles. The first-order valence-corrected chi connectivity index (χ1v) is 10.1. The Hall–Kier alpha value is -3.79. The molecule has 4 aromatic heterocycles. The number of hydrogen-bond acceptors (Lipinski definition) is 8. The van der Waals surface area contributed by atoms with Gasteiger partial charge in [0.25, 0.3) is 5.91 Å². The lowest BCUT2D eigenvalue weighted by Gasteiger charge is -2.14. The van der Waals surface area contributed by atoms with Gasteiger partial charge in [-0.3, -0.25) is 4.79 Å². The summed E-state index contributed by atoms with van der Waals surface area (Å²) in [5.74, 6) is -0.0636. The second-order valence-electron chi connectivity index (χ2n) is 7.54. The maximum absolute atomic E-state index is 12.9. The number of carbonyl (C=O) groups excluding carboxylic acids is 1. The van der Waals surface area contributed by atoms with Crippen LogP contribution in [0, 0.1) is 6.92 Å². The molecule has 0 aromatic carbocycles. The first-order valence-electron chi connectivity index (χ1n) is 10.1. The predicted octanol–water partition coefficient (Wildman–Crippen LogP) is 1.82. The normalized spacial score (nSPS) is 16.1. The van der Waals surface area contributed by atoms with Crippen molar-refractivity contribution >= 4 is 17.4 Å². The Labute approximate surface area is 177 Å². The second kappa shape index (κ2) is 7.80. The molecule has 1 aliphatic heterocycles. The number of aryl methyl sites for hydroxylation is 1. The van der Waals surface area contributed by atoms with Crippen LogP contribution in [0.15, 0.2) is 41.4 Å². The number of carbonyl (C=O) groups is 1. The van der Waals surface area contributed by atoms with E-state index in [1.54, 1.807) is 6.20 Å². The predicted molar refractivity (Wildman–Crippen MR) is 114 cm³/mol. The molecule has 0 saturated carbocycles. The summed E-state index contributed by atoms with van der Waals surface area (Å²) in [7, 11) is 0. The van der Waals surface area contributed by atoms with E-state index in [1.165, 1.54) is 12.5 Å². The Balaban J connectivity index is 1.57. The van der Waals surface area contributed by atoms with Gasteiger partial charge in [-0.2, -0.15) is 0 Å². The SMILES string of the molecule is Cc1cnc2ccc(-c3nc(C(=O)NC[C@H]4CCCN4)c(N)nc3-c3ncco3)cn12. The third-order valence-corrected chi connectivity index (χ3v) is 5.41. The van der Waals surface area contributed by atoms with Gasteiger partial charge in [0.05, 0.1) is 6.20 Å². The first-order chi connectivity index (χ1) is 15.1. The average molecular weight is 418 g/mol. The van der Waals surface area contributed by atoms with Crippen molar-refractivity contribution in [3.63, 3.8) is 0 Å². The van der Waals surface area contributed by atoms with Crippen LogP contribution in [-0.4, -0.2) is 49.4 Å². The average Bonchev–Trinajstić information content (AvgIpc) is 3.55. The van der Waals surface area contributed by atoms with Gasteiger partial charge < -0.3 is 25.2 Å². The van der Waals surface area contributed by atoms with Crippen LogP contribution in [-0.2, 0) is 0 Å². The van der Waals surface area contributed by atoms with Gasteiger partial charge in [-0.1, -0.05) is 0 Å². The van der Waals surface area contributed by atoms with Gasteiger partial charge in [-0.25, -0.2) is 19.9 Å². The highest BCUT2D eigenvalue weighted by Gasteiger charge is 2.23. The van der Waals surface area contributed by atoms with Crippen LogP contribution in [0.1, 0.15) is 29.0 Å². The number of fused-ring (bicyclic) bond motifs is 1. The minimum atomic E-state index is -0.362. The molecule has 0 spiro atoms. The van der Waals surface area contributed by atoms with Crippen LogP contribution in [0.2, 0.25) is 0 Å². The van der Waals surface area contributed by atoms with Crippen molar-refractivity contribution in [2.45, 2.75) is 25.8 Å². The Bertz CT molecular complexity index is 1240. The molecule has 10 nitrogen and oxygen atoms in total. The molecule has 4 N–H and O–H groups in total. The smallest absolute Gasteiger partial charge is 0.273 e. The Morgan fingerprint density at radius 2 is 2.23 bits per heavy atom. The summed E-state index contributed by atoms with van der Waals surface area (Å²) in [5, 5.41) is 6.26. The van der Waals surface area contributed by atoms with Crippen LogP contribution in [0.3, 0.4) is 0 Å². The zero-order valence-corrected chi connectivity index (χ0v) is 17.0. The zero-order chi connectivity index (χ0) is 21.4. The van der Waals surface area contributed by atoms with Gasteiger partial charge >= 0.3 is 0 Å². The zero-order valence-electron chi connectivity index (χ0n) is 17.0. The number of pyridine rings is 1. The molecule has 5 rings (SSSR count). The molecular weight excluding hydrogens is 396 g/mol. The molecule has 0 aliphatic carbocycles. The van der Waals surface area contributed by atoms with E-state index in [-0.39, 0.29) is 29.4 Å². The highest BCUT2D eigenvalue weighted by Crippen LogP contribution is 2.30. The number of anilines is 1. The van der Waals surface area contributed by atoms with Crippen molar-refractivity contribution in [2.24, 2.45) is 0 Å². The molecule has 158 valence electrons. The minimum absolute atomic E-state index is 0.0220. The van der Waals surface area contributed by atoms with E-state index < -0.39 is 0 Å². The summed E-state index contributed by atoms with van der Waals surface area (Å²) in [6.07, 6.45) is 8.80. The molecule has 1 aliphatic rings. The Kier molecular flexibility index (Phi) is 4.83. The van der Waals surface area contributed by atoms with Crippen LogP contribution in [0.5, 0.6) is 0 Å². The molecule has 10 heteroatoms. The topological polar surface area (TPSA) is 136 Å². The van der Waals surface area contributed by atoms with E-state index in [0.717, 1.165) is 36.3 Å². The summed E-state index contributed by atoms with van der Waals surface area (Å²) < 4.78 is 7.39. The quantitative estimate of drug-likeness (QED) is 0.446. The third-order valence-electron chi connectivity index (χ3n) is 5.41. The van der Waals surface area contributed by atoms with Crippen molar-refractivity contribution in [1.29, 1.82) is 0 Å². The fourth-order valence-corrected chi connectivity index (χ4v) is 3.78. The standard InChI is InChI=1S/C21H22N8O2/c1-12-9-25-15-5-4-13(11-29(12)15)16-17(21-24-7-8-31-21)28-19(22)18(27-16)20(30)26-10-14-3-2-6-23-14/h4-5,7-9,11,14,23H,2-3,6,10H2,1H3,(H2,22,28)(H,26,30)/t14-/m1/s1. The van der Waals surface area contributed by atoms with Crippen LogP contribution < -0.4 is 16.4 Å². The van der Waals surface area contributed by atoms with Gasteiger partial charge in [-0.15, -0.1) is 0 Å². The van der Waals surface area contributed by atoms with Gasteiger partial charge in [-0.05, 0) is 38.4 Å². The lowest BCUT2D eigenvalue weighted by atomic mass is 10.1. The number of nitrogens with zero attached hydrogens (tertiary/aromatic N) is 5. The van der Waals surface area contributed by atoms with Crippen LogP contribution in [0.4, 0.5) is 5.82 Å². The molecule has 1 atom stereocenters. The number of rotatable bonds is 5. The van der Waals surface area contributed by atoms with E-state index in [9.17, 15) is 4.79 Å². The molecule has 5 heterocycles. The lowest BCUT2D eigenvalue weighted by molar-refractivity contribution is 0.0946. The van der Waals surface area contributed by atoms with E-state index in [0.29, 0.717) is 17.9 Å². The van der Waals surface area contributed by atoms with Crippen LogP contribution >= 0.6 is 0 Å². The number of amides is 1. The van der Waals surface area contributed by atoms with Gasteiger partial charge in [0.15, 0.2) is 17.2 Å². The van der Waals surface area contributed by atoms with E-state index in [1.807, 2.05) is 29.7 Å². The molecule has 0 radical (unpaired) electrons. The molecule has 0 bridgehead atoms. The first kappa shape index (κ1) is 19.2. The number of nitrogen functional groups attached to an aromatic ring is 1. The number of oxazole rings is 1.